The van der Waals surface area contributed by atoms with Crippen LogP contribution < -0.4 is 48.3 Å². The number of thioether (sulfide) groups is 1. The Bertz CT molecular complexity index is 3390. The molecule has 0 aliphatic heterocycles. The van der Waals surface area contributed by atoms with E-state index >= 15 is 4.79 Å². The van der Waals surface area contributed by atoms with E-state index in [9.17, 15) is 63.9 Å². The van der Waals surface area contributed by atoms with Crippen molar-refractivity contribution in [2.24, 2.45) is 17.6 Å². The van der Waals surface area contributed by atoms with Gasteiger partial charge in [0.25, 0.3) is 0 Å². The van der Waals surface area contributed by atoms with Crippen molar-refractivity contribution in [1.82, 2.24) is 52.5 Å². The molecule has 478 valence electrons. The highest BCUT2D eigenvalue weighted by atomic mass is 32.2. The summed E-state index contributed by atoms with van der Waals surface area (Å²) in [6, 6.07) is 12.7. The Hall–Kier alpha value is -8.98. The summed E-state index contributed by atoms with van der Waals surface area (Å²) < 4.78 is 0. The largest absolute Gasteiger partial charge is 0.508 e. The fourth-order valence-electron chi connectivity index (χ4n) is 9.93. The number of nitrogens with one attached hydrogen (secondary N) is 10. The fraction of sp³-hybridized carbons (Fsp3) is 0.413. The second-order valence-corrected chi connectivity index (χ2v) is 23.4. The van der Waals surface area contributed by atoms with Crippen molar-refractivity contribution >= 4 is 86.8 Å². The maximum Gasteiger partial charge on any atom is 0.326 e. The van der Waals surface area contributed by atoms with Gasteiger partial charge in [-0.15, -0.1) is 0 Å². The van der Waals surface area contributed by atoms with Gasteiger partial charge in [0.15, 0.2) is 0 Å². The second-order valence-electron chi connectivity index (χ2n) is 22.4. The van der Waals surface area contributed by atoms with E-state index in [1.54, 1.807) is 93.8 Å². The highest BCUT2D eigenvalue weighted by Crippen LogP contribution is 2.23. The topological polar surface area (TPSA) is 409 Å². The SMILES string of the molecule is CC[C@H](C)[C@H](NC(=O)[C@@H](N)CCSC)C(=O)N[C@@H](Cc1ccc(O)cc1)C(=O)N[C@@H](Cc1c[nH]c2ccccc12)C(=O)N[C@@H](Cc1ccc(O)cc1)C(=O)N[C@@H](CO)C(=O)N[C@@H](CO)C(=O)N[C@@H](Cc1c[nH]c2ccccc12)C(=O)N[C@@H](CC(C)C)C(=O)O. The molecule has 4 aromatic carbocycles. The second kappa shape index (κ2) is 33.4. The van der Waals surface area contributed by atoms with Crippen molar-refractivity contribution < 1.29 is 68.7 Å². The van der Waals surface area contributed by atoms with Crippen LogP contribution in [0.3, 0.4) is 0 Å². The van der Waals surface area contributed by atoms with Crippen LogP contribution in [0.25, 0.3) is 21.8 Å². The first-order valence-electron chi connectivity index (χ1n) is 29.3. The van der Waals surface area contributed by atoms with Crippen molar-refractivity contribution in [2.75, 3.05) is 25.2 Å². The smallest absolute Gasteiger partial charge is 0.326 e. The van der Waals surface area contributed by atoms with E-state index in [-0.39, 0.29) is 49.5 Å². The van der Waals surface area contributed by atoms with E-state index in [4.69, 9.17) is 5.73 Å². The number of hydrogen-bond acceptors (Lipinski definition) is 15. The van der Waals surface area contributed by atoms with Gasteiger partial charge in [-0.2, -0.15) is 11.8 Å². The number of rotatable bonds is 34. The highest BCUT2D eigenvalue weighted by molar-refractivity contribution is 7.98. The molecule has 10 atom stereocenters. The molecule has 0 fully saturated rings. The molecule has 0 bridgehead atoms. The number of benzene rings is 4. The third-order valence-corrected chi connectivity index (χ3v) is 15.8. The minimum absolute atomic E-state index is 0.0586. The highest BCUT2D eigenvalue weighted by Gasteiger charge is 2.37. The summed E-state index contributed by atoms with van der Waals surface area (Å²) in [5.74, 6) is -8.79. The van der Waals surface area contributed by atoms with Gasteiger partial charge >= 0.3 is 5.97 Å². The summed E-state index contributed by atoms with van der Waals surface area (Å²) in [4.78, 5) is 133. The maximum atomic E-state index is 15.0. The van der Waals surface area contributed by atoms with Crippen LogP contribution in [0, 0.1) is 11.8 Å². The van der Waals surface area contributed by atoms with Crippen molar-refractivity contribution in [3.63, 3.8) is 0 Å². The Kier molecular flexibility index (Phi) is 25.9. The third kappa shape index (κ3) is 20.0. The number of aromatic nitrogens is 2. The fourth-order valence-corrected chi connectivity index (χ4v) is 10.4. The lowest BCUT2D eigenvalue weighted by molar-refractivity contribution is -0.143. The van der Waals surface area contributed by atoms with Crippen LogP contribution in [0.2, 0.25) is 0 Å². The number of aromatic hydroxyl groups is 2. The molecule has 2 aromatic heterocycles. The summed E-state index contributed by atoms with van der Waals surface area (Å²) in [7, 11) is 0. The predicted octanol–water partition coefficient (Wildman–Crippen LogP) is 1.45. The minimum atomic E-state index is -1.86. The van der Waals surface area contributed by atoms with E-state index in [0.717, 1.165) is 0 Å². The average Bonchev–Trinajstić information content (AvgIpc) is 4.18. The van der Waals surface area contributed by atoms with Gasteiger partial charge in [0.2, 0.25) is 47.3 Å². The van der Waals surface area contributed by atoms with Gasteiger partial charge in [-0.25, -0.2) is 4.79 Å². The molecule has 6 aromatic rings. The van der Waals surface area contributed by atoms with E-state index in [0.29, 0.717) is 62.7 Å². The van der Waals surface area contributed by atoms with Gasteiger partial charge < -0.3 is 83.8 Å². The number of carbonyl (C=O) groups is 9. The first-order chi connectivity index (χ1) is 42.5. The molecule has 0 saturated carbocycles. The lowest BCUT2D eigenvalue weighted by Gasteiger charge is -2.29. The summed E-state index contributed by atoms with van der Waals surface area (Å²) in [6.45, 7) is 4.98. The Balaban J connectivity index is 1.27. The van der Waals surface area contributed by atoms with Crippen LogP contribution in [0.4, 0.5) is 0 Å². The van der Waals surface area contributed by atoms with Gasteiger partial charge in [-0.05, 0) is 95.3 Å². The van der Waals surface area contributed by atoms with Crippen LogP contribution >= 0.6 is 11.8 Å². The molecule has 25 nitrogen and oxygen atoms in total. The molecule has 8 amide bonds. The number of fused-ring (bicyclic) bond motifs is 2. The molecule has 0 saturated heterocycles. The normalized spacial score (nSPS) is 14.8. The summed E-state index contributed by atoms with van der Waals surface area (Å²) >= 11 is 1.50. The van der Waals surface area contributed by atoms with Crippen LogP contribution in [0.15, 0.2) is 109 Å². The van der Waals surface area contributed by atoms with Gasteiger partial charge in [0.1, 0.15) is 59.8 Å². The van der Waals surface area contributed by atoms with Crippen molar-refractivity contribution in [1.29, 1.82) is 0 Å². The molecule has 0 radical (unpaired) electrons. The van der Waals surface area contributed by atoms with Crippen molar-refractivity contribution in [2.45, 2.75) is 127 Å². The number of phenols is 2. The monoisotopic (exact) mass is 1250 g/mol. The van der Waals surface area contributed by atoms with Crippen LogP contribution in [0.1, 0.15) is 69.2 Å². The molecule has 6 rings (SSSR count). The first-order valence-corrected chi connectivity index (χ1v) is 30.7. The number of aliphatic hydroxyl groups is 2. The zero-order valence-corrected chi connectivity index (χ0v) is 51.0. The van der Waals surface area contributed by atoms with Crippen LogP contribution in [-0.4, -0.2) is 168 Å². The number of carbonyl (C=O) groups excluding carboxylic acids is 8. The number of amides is 8. The van der Waals surface area contributed by atoms with Crippen molar-refractivity contribution in [3.8, 4) is 11.5 Å². The Morgan fingerprint density at radius 1 is 0.494 bits per heavy atom. The summed E-state index contributed by atoms with van der Waals surface area (Å²) in [6.07, 6.45) is 5.12. The quantitative estimate of drug-likeness (QED) is 0.0272. The lowest BCUT2D eigenvalue weighted by atomic mass is 9.96. The molecule has 2 heterocycles. The number of hydrogen-bond donors (Lipinski definition) is 16. The zero-order chi connectivity index (χ0) is 64.9. The molecule has 26 heteroatoms. The number of carboxylic acids is 1. The third-order valence-electron chi connectivity index (χ3n) is 15.2. The molecule has 0 aliphatic carbocycles. The average molecular weight is 1250 g/mol. The number of phenolic OH excluding ortho intramolecular Hbond substituents is 2. The standard InChI is InChI=1S/C63H81N11O14S/c1-6-35(4)54(74-55(79)44(64)23-24-89-5)62(86)70-48(27-37-17-21-41(78)22-18-37)56(80)68-49(28-38-30-65-45-13-9-7-11-42(38)45)58(82)67-47(26-36-15-19-40(77)20-16-36)57(81)72-53(33-76)61(85)73-52(32-75)60(84)69-50(59(83)71-51(63(87)88)25-34(2)3)29-39-31-66-46-14-10-8-12-43(39)46/h7-22,30-31,34-35,44,47-54,65-66,75-78H,6,23-29,32-33,64H2,1-5H3,(H,67,82)(H,68,80)(H,69,84)(H,70,86)(H,71,83)(H,72,81)(H,73,85)(H,74,79)(H,87,88)/t35-,44-,47-,48-,49-,50-,51-,52-,53-,54-/m0/s1. The molecule has 0 unspecified atom stereocenters. The van der Waals surface area contributed by atoms with Gasteiger partial charge in [-0.1, -0.05) is 94.8 Å². The van der Waals surface area contributed by atoms with E-state index < -0.39 is 127 Å². The summed E-state index contributed by atoms with van der Waals surface area (Å²) in [5, 5.41) is 73.5. The minimum Gasteiger partial charge on any atom is -0.508 e. The van der Waals surface area contributed by atoms with E-state index in [1.165, 1.54) is 48.2 Å². The molecule has 0 aliphatic rings. The number of H-pyrrole nitrogens is 2. The van der Waals surface area contributed by atoms with E-state index in [1.807, 2.05) is 13.2 Å². The molecule has 17 N–H and O–H groups in total. The molecular weight excluding hydrogens is 1170 g/mol. The van der Waals surface area contributed by atoms with Gasteiger partial charge in [0.05, 0.1) is 19.3 Å². The zero-order valence-electron chi connectivity index (χ0n) is 50.2. The number of nitrogens with two attached hydrogens (primary N) is 1. The number of para-hydroxylation sites is 2. The van der Waals surface area contributed by atoms with Crippen LogP contribution in [-0.2, 0) is 68.8 Å². The molecule has 89 heavy (non-hydrogen) atoms. The summed E-state index contributed by atoms with van der Waals surface area (Å²) in [5.41, 5.74) is 9.59. The number of aromatic amines is 2. The van der Waals surface area contributed by atoms with E-state index in [2.05, 4.69) is 52.5 Å². The molecular formula is C63H81N11O14S. The number of aliphatic hydroxyl groups excluding tert-OH is 2. The predicted molar refractivity (Wildman–Crippen MR) is 335 cm³/mol. The number of aliphatic carboxylic acids is 1. The van der Waals surface area contributed by atoms with Crippen molar-refractivity contribution in [3.05, 3.63) is 132 Å². The van der Waals surface area contributed by atoms with Gasteiger partial charge in [0, 0.05) is 59.9 Å². The van der Waals surface area contributed by atoms with Crippen LogP contribution in [0.5, 0.6) is 11.5 Å². The molecule has 0 spiro atoms. The van der Waals surface area contributed by atoms with Gasteiger partial charge in [-0.3, -0.25) is 38.4 Å². The maximum absolute atomic E-state index is 15.0. The number of carboxylic acid groups (broad SMARTS) is 1. The Morgan fingerprint density at radius 3 is 1.25 bits per heavy atom. The Morgan fingerprint density at radius 2 is 0.865 bits per heavy atom. The lowest BCUT2D eigenvalue weighted by Crippen LogP contribution is -2.62. The Labute approximate surface area is 518 Å². The first kappa shape index (κ1) is 69.1.